The topological polar surface area (TPSA) is 40.5 Å². The van der Waals surface area contributed by atoms with Crippen molar-refractivity contribution in [3.63, 3.8) is 0 Å². The summed E-state index contributed by atoms with van der Waals surface area (Å²) in [5, 5.41) is 10.7. The monoisotopic (exact) mass is 309 g/mol. The molecule has 3 heteroatoms. The van der Waals surface area contributed by atoms with Gasteiger partial charge in [-0.1, -0.05) is 69.3 Å². The van der Waals surface area contributed by atoms with Gasteiger partial charge in [-0.15, -0.1) is 0 Å². The first-order valence-electron chi connectivity index (χ1n) is 8.02. The second-order valence-corrected chi connectivity index (χ2v) is 7.28. The first kappa shape index (κ1) is 15.9. The van der Waals surface area contributed by atoms with Gasteiger partial charge in [-0.3, -0.25) is 4.79 Å². The molecule has 0 aliphatic carbocycles. The summed E-state index contributed by atoms with van der Waals surface area (Å²) >= 11 is 0. The molecule has 1 heterocycles. The highest BCUT2D eigenvalue weighted by molar-refractivity contribution is 5.91. The smallest absolute Gasteiger partial charge is 0.158 e. The average Bonchev–Trinajstić information content (AvgIpc) is 2.85. The number of nitrogens with zero attached hydrogens (tertiary/aromatic N) is 1. The zero-order chi connectivity index (χ0) is 16.6. The maximum absolute atomic E-state index is 12.2. The molecule has 120 valence electrons. The highest BCUT2D eigenvalue weighted by Crippen LogP contribution is 2.33. The van der Waals surface area contributed by atoms with E-state index >= 15 is 0 Å². The molecule has 0 aromatic heterocycles. The van der Waals surface area contributed by atoms with Gasteiger partial charge in [-0.25, -0.2) is 0 Å². The summed E-state index contributed by atoms with van der Waals surface area (Å²) in [6.07, 6.45) is 0. The molecule has 2 aromatic carbocycles. The van der Waals surface area contributed by atoms with Gasteiger partial charge in [0.25, 0.3) is 0 Å². The molecule has 1 saturated heterocycles. The van der Waals surface area contributed by atoms with Crippen molar-refractivity contribution in [1.82, 2.24) is 5.06 Å². The Labute approximate surface area is 137 Å². The maximum atomic E-state index is 12.2. The van der Waals surface area contributed by atoms with Crippen LogP contribution in [0.1, 0.15) is 37.8 Å². The van der Waals surface area contributed by atoms with Crippen molar-refractivity contribution >= 4 is 5.78 Å². The molecule has 0 amide bonds. The number of hydrogen-bond donors (Lipinski definition) is 1. The molecule has 1 aliphatic rings. The van der Waals surface area contributed by atoms with Crippen molar-refractivity contribution < 1.29 is 10.0 Å². The van der Waals surface area contributed by atoms with Crippen LogP contribution in [0, 0.1) is 0 Å². The summed E-state index contributed by atoms with van der Waals surface area (Å²) in [5.74, 6) is -0.176. The Morgan fingerprint density at radius 2 is 1.70 bits per heavy atom. The highest BCUT2D eigenvalue weighted by Gasteiger charge is 2.32. The molecule has 0 radical (unpaired) electrons. The fourth-order valence-electron chi connectivity index (χ4n) is 3.15. The Morgan fingerprint density at radius 3 is 2.26 bits per heavy atom. The number of hydrogen-bond acceptors (Lipinski definition) is 3. The van der Waals surface area contributed by atoms with Crippen LogP contribution in [-0.4, -0.2) is 29.1 Å². The van der Waals surface area contributed by atoms with Crippen LogP contribution in [0.15, 0.2) is 48.5 Å². The first-order chi connectivity index (χ1) is 10.9. The lowest BCUT2D eigenvalue weighted by Gasteiger charge is -2.20. The third kappa shape index (κ3) is 3.21. The Morgan fingerprint density at radius 1 is 1.04 bits per heavy atom. The first-order valence-corrected chi connectivity index (χ1v) is 8.02. The normalized spacial score (nSPS) is 19.3. The number of Topliss-reactive ketones (excluding diaryl/α,β-unsaturated/α-hetero) is 1. The largest absolute Gasteiger partial charge is 0.314 e. The second-order valence-electron chi connectivity index (χ2n) is 7.28. The number of carbonyl (C=O) groups excluding carboxylic acids is 1. The Hall–Kier alpha value is -1.97. The van der Waals surface area contributed by atoms with E-state index in [9.17, 15) is 10.0 Å². The molecular weight excluding hydrogens is 286 g/mol. The van der Waals surface area contributed by atoms with Crippen molar-refractivity contribution in [1.29, 1.82) is 0 Å². The molecule has 23 heavy (non-hydrogen) atoms. The zero-order valence-electron chi connectivity index (χ0n) is 13.9. The Balaban J connectivity index is 1.99. The standard InChI is InChI=1S/C20H23NO2/c1-20(2,3)15-10-8-14(9-11-15)16-6-4-5-7-17(16)18-12-21(23)13-19(18)22/h4-11,18,23H,12-13H2,1-3H3. The van der Waals surface area contributed by atoms with Gasteiger partial charge in [0.15, 0.2) is 5.78 Å². The predicted octanol–water partition coefficient (Wildman–Crippen LogP) is 4.01. The number of carbonyl (C=O) groups is 1. The van der Waals surface area contributed by atoms with Crippen LogP contribution in [0.5, 0.6) is 0 Å². The van der Waals surface area contributed by atoms with E-state index in [-0.39, 0.29) is 23.7 Å². The number of ketones is 1. The fourth-order valence-corrected chi connectivity index (χ4v) is 3.15. The summed E-state index contributed by atoms with van der Waals surface area (Å²) in [7, 11) is 0. The summed E-state index contributed by atoms with van der Waals surface area (Å²) in [5.41, 5.74) is 4.59. The molecule has 3 rings (SSSR count). The molecule has 1 fully saturated rings. The van der Waals surface area contributed by atoms with Gasteiger partial charge in [-0.2, -0.15) is 5.06 Å². The third-order valence-corrected chi connectivity index (χ3v) is 4.52. The van der Waals surface area contributed by atoms with Crippen LogP contribution in [0.3, 0.4) is 0 Å². The summed E-state index contributed by atoms with van der Waals surface area (Å²) in [6, 6.07) is 16.5. The van der Waals surface area contributed by atoms with E-state index in [0.717, 1.165) is 21.8 Å². The Bertz CT molecular complexity index is 713. The van der Waals surface area contributed by atoms with Crippen molar-refractivity contribution in [2.45, 2.75) is 32.1 Å². The molecule has 2 aromatic rings. The quantitative estimate of drug-likeness (QED) is 0.911. The van der Waals surface area contributed by atoms with E-state index in [1.54, 1.807) is 0 Å². The van der Waals surface area contributed by atoms with Crippen LogP contribution in [-0.2, 0) is 10.2 Å². The SMILES string of the molecule is CC(C)(C)c1ccc(-c2ccccc2C2CN(O)CC2=O)cc1. The van der Waals surface area contributed by atoms with E-state index in [0.29, 0.717) is 6.54 Å². The van der Waals surface area contributed by atoms with Gasteiger partial charge < -0.3 is 5.21 Å². The second kappa shape index (κ2) is 5.91. The zero-order valence-corrected chi connectivity index (χ0v) is 13.9. The van der Waals surface area contributed by atoms with Crippen LogP contribution in [0.4, 0.5) is 0 Å². The molecule has 1 unspecified atom stereocenters. The van der Waals surface area contributed by atoms with E-state index in [1.807, 2.05) is 18.2 Å². The van der Waals surface area contributed by atoms with Crippen molar-refractivity contribution in [3.05, 3.63) is 59.7 Å². The van der Waals surface area contributed by atoms with E-state index in [4.69, 9.17) is 0 Å². The molecule has 0 bridgehead atoms. The van der Waals surface area contributed by atoms with Gasteiger partial charge in [0.2, 0.25) is 0 Å². The van der Waals surface area contributed by atoms with Crippen LogP contribution >= 0.6 is 0 Å². The highest BCUT2D eigenvalue weighted by atomic mass is 16.5. The van der Waals surface area contributed by atoms with Gasteiger partial charge in [0.05, 0.1) is 12.5 Å². The van der Waals surface area contributed by atoms with E-state index in [2.05, 4.69) is 51.1 Å². The van der Waals surface area contributed by atoms with E-state index < -0.39 is 0 Å². The average molecular weight is 309 g/mol. The lowest BCUT2D eigenvalue weighted by Crippen LogP contribution is -2.14. The summed E-state index contributed by atoms with van der Waals surface area (Å²) in [6.45, 7) is 7.08. The molecule has 0 saturated carbocycles. The van der Waals surface area contributed by atoms with Gasteiger partial charge in [0, 0.05) is 6.54 Å². The minimum Gasteiger partial charge on any atom is -0.314 e. The molecule has 1 aliphatic heterocycles. The summed E-state index contributed by atoms with van der Waals surface area (Å²) in [4.78, 5) is 12.2. The van der Waals surface area contributed by atoms with Crippen LogP contribution in [0.25, 0.3) is 11.1 Å². The third-order valence-electron chi connectivity index (χ3n) is 4.52. The number of benzene rings is 2. The number of rotatable bonds is 2. The van der Waals surface area contributed by atoms with Gasteiger partial charge >= 0.3 is 0 Å². The maximum Gasteiger partial charge on any atom is 0.158 e. The van der Waals surface area contributed by atoms with Crippen molar-refractivity contribution in [3.8, 4) is 11.1 Å². The Kier molecular flexibility index (Phi) is 4.09. The summed E-state index contributed by atoms with van der Waals surface area (Å²) < 4.78 is 0. The fraction of sp³-hybridized carbons (Fsp3) is 0.350. The molecule has 3 nitrogen and oxygen atoms in total. The van der Waals surface area contributed by atoms with Crippen LogP contribution < -0.4 is 0 Å². The van der Waals surface area contributed by atoms with Gasteiger partial charge in [-0.05, 0) is 27.7 Å². The van der Waals surface area contributed by atoms with Gasteiger partial charge in [0.1, 0.15) is 0 Å². The molecule has 0 spiro atoms. The van der Waals surface area contributed by atoms with Crippen molar-refractivity contribution in [2.75, 3.05) is 13.1 Å². The minimum absolute atomic E-state index is 0.0752. The number of hydroxylamine groups is 2. The lowest BCUT2D eigenvalue weighted by atomic mass is 9.85. The van der Waals surface area contributed by atoms with Crippen LogP contribution in [0.2, 0.25) is 0 Å². The molecule has 1 atom stereocenters. The predicted molar refractivity (Wildman–Crippen MR) is 91.7 cm³/mol. The molecule has 1 N–H and O–H groups in total. The lowest BCUT2D eigenvalue weighted by molar-refractivity contribution is -0.122. The minimum atomic E-state index is -0.251. The molecular formula is C20H23NO2. The van der Waals surface area contributed by atoms with Crippen molar-refractivity contribution in [2.24, 2.45) is 0 Å². The van der Waals surface area contributed by atoms with E-state index in [1.165, 1.54) is 5.56 Å².